The molecule has 1 atom stereocenters. The highest BCUT2D eigenvalue weighted by Crippen LogP contribution is 2.30. The molecule has 0 bridgehead atoms. The number of nitrogens with one attached hydrogen (secondary N) is 2. The van der Waals surface area contributed by atoms with Crippen LogP contribution in [0.1, 0.15) is 43.4 Å². The average Bonchev–Trinajstić information content (AvgIpc) is 3.12. The maximum atomic E-state index is 14.0. The Kier molecular flexibility index (Phi) is 7.65. The number of carbonyl (C=O) groups excluding carboxylic acids is 3. The van der Waals surface area contributed by atoms with Gasteiger partial charge in [-0.3, -0.25) is 4.79 Å². The number of piperidine rings is 1. The smallest absolute Gasteiger partial charge is 0.322 e. The number of carbonyl (C=O) groups is 3. The lowest BCUT2D eigenvalue weighted by molar-refractivity contribution is -0.120. The molecule has 1 saturated heterocycles. The fourth-order valence-corrected chi connectivity index (χ4v) is 6.01. The van der Waals surface area contributed by atoms with Crippen LogP contribution in [0.15, 0.2) is 83.9 Å². The van der Waals surface area contributed by atoms with Crippen molar-refractivity contribution in [2.75, 3.05) is 29.9 Å². The van der Waals surface area contributed by atoms with Gasteiger partial charge in [0.2, 0.25) is 6.17 Å². The van der Waals surface area contributed by atoms with Crippen molar-refractivity contribution in [3.05, 3.63) is 95.6 Å². The summed E-state index contributed by atoms with van der Waals surface area (Å²) in [5.41, 5.74) is 5.14. The largest absolute Gasteiger partial charge is 0.325 e. The molecule has 0 spiro atoms. The number of urea groups is 2. The Morgan fingerprint density at radius 3 is 2.40 bits per heavy atom. The van der Waals surface area contributed by atoms with Crippen LogP contribution >= 0.6 is 0 Å². The molecular weight excluding hydrogens is 528 g/mol. The van der Waals surface area contributed by atoms with E-state index in [-0.39, 0.29) is 29.9 Å². The minimum Gasteiger partial charge on any atom is -0.325 e. The lowest BCUT2D eigenvalue weighted by Gasteiger charge is -2.40. The Morgan fingerprint density at radius 1 is 0.952 bits per heavy atom. The van der Waals surface area contributed by atoms with Crippen LogP contribution in [0.5, 0.6) is 0 Å². The van der Waals surface area contributed by atoms with Crippen molar-refractivity contribution < 1.29 is 14.4 Å². The number of rotatable bonds is 5. The molecule has 5 amide bonds. The number of benzodiazepines with no additional fused rings is 1. The molecule has 42 heavy (non-hydrogen) atoms. The summed E-state index contributed by atoms with van der Waals surface area (Å²) in [5, 5.41) is 5.93. The molecule has 3 heterocycles. The predicted molar refractivity (Wildman–Crippen MR) is 164 cm³/mol. The number of benzene rings is 3. The third kappa shape index (κ3) is 5.46. The molecule has 0 radical (unpaired) electrons. The normalized spacial score (nSPS) is 19.1. The predicted octanol–water partition coefficient (Wildman–Crippen LogP) is 5.07. The molecule has 3 aliphatic rings. The van der Waals surface area contributed by atoms with Gasteiger partial charge >= 0.3 is 12.1 Å². The van der Waals surface area contributed by atoms with Crippen molar-refractivity contribution >= 4 is 35.1 Å². The molecule has 0 saturated carbocycles. The van der Waals surface area contributed by atoms with Gasteiger partial charge in [-0.1, -0.05) is 80.6 Å². The maximum Gasteiger partial charge on any atom is 0.322 e. The van der Waals surface area contributed by atoms with Gasteiger partial charge in [-0.25, -0.2) is 14.6 Å². The molecule has 3 aromatic rings. The standard InChI is InChI=1S/C33H36N6O3/c1-22(2)20-39-28-15-9-7-13-26(28)29(23-10-4-3-5-11-23)35-30(31(39)40)36-32(41)37-18-16-25(17-19-37)38-21-24-12-6-8-14-27(24)34-33(38)42/h3-15,22,25,30H,16-21H2,1-2H3,(H,34,42)(H,36,41)/t30-/m0/s1. The van der Waals surface area contributed by atoms with E-state index < -0.39 is 6.17 Å². The number of fused-ring (bicyclic) bond motifs is 2. The summed E-state index contributed by atoms with van der Waals surface area (Å²) in [5.74, 6) is -0.0383. The molecule has 0 unspecified atom stereocenters. The number of hydrogen-bond acceptors (Lipinski definition) is 4. The van der Waals surface area contributed by atoms with Crippen LogP contribution in [-0.2, 0) is 11.3 Å². The number of hydrogen-bond donors (Lipinski definition) is 2. The molecule has 0 aliphatic carbocycles. The van der Waals surface area contributed by atoms with Gasteiger partial charge in [0.05, 0.1) is 11.4 Å². The van der Waals surface area contributed by atoms with Crippen LogP contribution in [0.25, 0.3) is 0 Å². The molecule has 1 fully saturated rings. The summed E-state index contributed by atoms with van der Waals surface area (Å²) in [6, 6.07) is 25.0. The van der Waals surface area contributed by atoms with E-state index >= 15 is 0 Å². The Morgan fingerprint density at radius 2 is 1.64 bits per heavy atom. The van der Waals surface area contributed by atoms with Crippen LogP contribution in [0.4, 0.5) is 21.0 Å². The van der Waals surface area contributed by atoms with Crippen molar-refractivity contribution in [1.29, 1.82) is 0 Å². The first-order valence-electron chi connectivity index (χ1n) is 14.6. The molecule has 3 aliphatic heterocycles. The molecular formula is C33H36N6O3. The first-order valence-corrected chi connectivity index (χ1v) is 14.6. The Balaban J connectivity index is 1.20. The van der Waals surface area contributed by atoms with Gasteiger partial charge in [-0.2, -0.15) is 0 Å². The highest BCUT2D eigenvalue weighted by Gasteiger charge is 2.36. The third-order valence-corrected chi connectivity index (χ3v) is 8.12. The second-order valence-corrected chi connectivity index (χ2v) is 11.5. The van der Waals surface area contributed by atoms with E-state index in [2.05, 4.69) is 24.5 Å². The number of amides is 5. The van der Waals surface area contributed by atoms with E-state index in [1.165, 1.54) is 0 Å². The minimum atomic E-state index is -1.07. The average molecular weight is 565 g/mol. The van der Waals surface area contributed by atoms with E-state index in [4.69, 9.17) is 4.99 Å². The number of aliphatic imine (C=N–C) groups is 1. The minimum absolute atomic E-state index is 0.0284. The molecule has 2 N–H and O–H groups in total. The Bertz CT molecular complexity index is 1510. The summed E-state index contributed by atoms with van der Waals surface area (Å²) in [7, 11) is 0. The zero-order valence-corrected chi connectivity index (χ0v) is 24.0. The molecule has 6 rings (SSSR count). The zero-order valence-electron chi connectivity index (χ0n) is 24.0. The lowest BCUT2D eigenvalue weighted by Crippen LogP contribution is -2.55. The van der Waals surface area contributed by atoms with Gasteiger partial charge in [0.25, 0.3) is 5.91 Å². The first kappa shape index (κ1) is 27.5. The Hall–Kier alpha value is -4.66. The highest BCUT2D eigenvalue weighted by molar-refractivity contribution is 6.20. The van der Waals surface area contributed by atoms with Crippen LogP contribution in [0, 0.1) is 5.92 Å². The molecule has 3 aromatic carbocycles. The van der Waals surface area contributed by atoms with Crippen molar-refractivity contribution in [3.8, 4) is 0 Å². The van der Waals surface area contributed by atoms with Crippen LogP contribution in [0.2, 0.25) is 0 Å². The van der Waals surface area contributed by atoms with Gasteiger partial charge in [-0.15, -0.1) is 0 Å². The zero-order chi connectivity index (χ0) is 29.2. The van der Waals surface area contributed by atoms with E-state index in [0.29, 0.717) is 44.7 Å². The SMILES string of the molecule is CC(C)CN1C(=O)[C@H](NC(=O)N2CCC(N3Cc4ccccc4NC3=O)CC2)N=C(c2ccccc2)c2ccccc21. The van der Waals surface area contributed by atoms with Gasteiger partial charge in [0.1, 0.15) is 0 Å². The summed E-state index contributed by atoms with van der Waals surface area (Å²) >= 11 is 0. The third-order valence-electron chi connectivity index (χ3n) is 8.12. The fourth-order valence-electron chi connectivity index (χ4n) is 6.01. The topological polar surface area (TPSA) is 97.4 Å². The molecule has 0 aromatic heterocycles. The monoisotopic (exact) mass is 564 g/mol. The van der Waals surface area contributed by atoms with E-state index in [0.717, 1.165) is 28.1 Å². The molecule has 9 heteroatoms. The van der Waals surface area contributed by atoms with Gasteiger partial charge in [0, 0.05) is 49.0 Å². The van der Waals surface area contributed by atoms with E-state index in [1.54, 1.807) is 9.80 Å². The van der Waals surface area contributed by atoms with E-state index in [1.807, 2.05) is 83.8 Å². The van der Waals surface area contributed by atoms with Gasteiger partial charge in [0.15, 0.2) is 0 Å². The maximum absolute atomic E-state index is 14.0. The highest BCUT2D eigenvalue weighted by atomic mass is 16.2. The number of para-hydroxylation sites is 2. The summed E-state index contributed by atoms with van der Waals surface area (Å²) in [4.78, 5) is 50.6. The van der Waals surface area contributed by atoms with Crippen molar-refractivity contribution in [1.82, 2.24) is 15.1 Å². The number of likely N-dealkylation sites (tertiary alicyclic amines) is 1. The van der Waals surface area contributed by atoms with Crippen molar-refractivity contribution in [2.24, 2.45) is 10.9 Å². The second kappa shape index (κ2) is 11.7. The quantitative estimate of drug-likeness (QED) is 0.453. The van der Waals surface area contributed by atoms with Crippen molar-refractivity contribution in [2.45, 2.75) is 45.4 Å². The summed E-state index contributed by atoms with van der Waals surface area (Å²) in [6.45, 7) is 6.16. The number of nitrogens with zero attached hydrogens (tertiary/aromatic N) is 4. The summed E-state index contributed by atoms with van der Waals surface area (Å²) < 4.78 is 0. The second-order valence-electron chi connectivity index (χ2n) is 11.5. The van der Waals surface area contributed by atoms with Crippen LogP contribution < -0.4 is 15.5 Å². The first-order chi connectivity index (χ1) is 20.4. The summed E-state index contributed by atoms with van der Waals surface area (Å²) in [6.07, 6.45) is 0.247. The van der Waals surface area contributed by atoms with Gasteiger partial charge in [-0.05, 0) is 36.5 Å². The Labute approximate surface area is 246 Å². The van der Waals surface area contributed by atoms with Gasteiger partial charge < -0.3 is 25.3 Å². The fraction of sp³-hybridized carbons (Fsp3) is 0.333. The van der Waals surface area contributed by atoms with E-state index in [9.17, 15) is 14.4 Å². The number of anilines is 2. The molecule has 9 nitrogen and oxygen atoms in total. The van der Waals surface area contributed by atoms with Crippen LogP contribution in [-0.4, -0.2) is 65.3 Å². The van der Waals surface area contributed by atoms with Crippen LogP contribution in [0.3, 0.4) is 0 Å². The lowest BCUT2D eigenvalue weighted by atomic mass is 10.00. The van der Waals surface area contributed by atoms with Crippen molar-refractivity contribution in [3.63, 3.8) is 0 Å². The molecule has 216 valence electrons.